The fourth-order valence-electron chi connectivity index (χ4n) is 3.98. The molecule has 4 rings (SSSR count). The van der Waals surface area contributed by atoms with Crippen LogP contribution in [0.1, 0.15) is 31.1 Å². The summed E-state index contributed by atoms with van der Waals surface area (Å²) < 4.78 is 46.3. The maximum absolute atomic E-state index is 13.8. The van der Waals surface area contributed by atoms with E-state index in [4.69, 9.17) is 4.74 Å². The minimum absolute atomic E-state index is 0.0718. The molecule has 32 heavy (non-hydrogen) atoms. The molecule has 1 aliphatic rings. The minimum atomic E-state index is -1.07. The molecule has 3 aromatic rings. The predicted molar refractivity (Wildman–Crippen MR) is 114 cm³/mol. The van der Waals surface area contributed by atoms with E-state index in [1.165, 1.54) is 23.1 Å². The molecular weight excluding hydrogens is 423 g/mol. The molecule has 6 nitrogen and oxygen atoms in total. The highest BCUT2D eigenvalue weighted by atomic mass is 19.2. The van der Waals surface area contributed by atoms with Gasteiger partial charge in [-0.15, -0.1) is 0 Å². The van der Waals surface area contributed by atoms with Crippen LogP contribution in [0.5, 0.6) is 0 Å². The van der Waals surface area contributed by atoms with Crippen LogP contribution in [0.4, 0.5) is 23.7 Å². The van der Waals surface area contributed by atoms with Gasteiger partial charge in [0, 0.05) is 29.6 Å². The molecule has 2 aromatic carbocycles. The third kappa shape index (κ3) is 4.20. The van der Waals surface area contributed by atoms with E-state index in [-0.39, 0.29) is 30.2 Å². The first-order valence-electron chi connectivity index (χ1n) is 10.2. The number of urea groups is 1. The summed E-state index contributed by atoms with van der Waals surface area (Å²) in [5.41, 5.74) is 0.851. The van der Waals surface area contributed by atoms with Crippen LogP contribution < -0.4 is 10.9 Å². The normalized spacial score (nSPS) is 15.6. The van der Waals surface area contributed by atoms with Gasteiger partial charge >= 0.3 is 6.03 Å². The molecule has 2 heterocycles. The number of anilines is 1. The van der Waals surface area contributed by atoms with Gasteiger partial charge < -0.3 is 19.9 Å². The second-order valence-corrected chi connectivity index (χ2v) is 8.17. The van der Waals surface area contributed by atoms with Gasteiger partial charge in [-0.25, -0.2) is 18.0 Å². The van der Waals surface area contributed by atoms with Gasteiger partial charge in [0.05, 0.1) is 24.6 Å². The van der Waals surface area contributed by atoms with Gasteiger partial charge in [0.1, 0.15) is 5.82 Å². The molecule has 1 aliphatic heterocycles. The van der Waals surface area contributed by atoms with Crippen molar-refractivity contribution in [2.75, 3.05) is 18.5 Å². The van der Waals surface area contributed by atoms with Crippen molar-refractivity contribution in [3.63, 3.8) is 0 Å². The number of nitrogens with one attached hydrogen (secondary N) is 2. The van der Waals surface area contributed by atoms with Crippen molar-refractivity contribution < 1.29 is 22.7 Å². The molecular formula is C23H22F3N3O3. The van der Waals surface area contributed by atoms with E-state index in [9.17, 15) is 22.8 Å². The van der Waals surface area contributed by atoms with Crippen LogP contribution >= 0.6 is 0 Å². The Balaban J connectivity index is 1.77. The Morgan fingerprint density at radius 2 is 1.94 bits per heavy atom. The number of fused-ring (bicyclic) bond motifs is 3. The number of hydrogen-bond acceptors (Lipinski definition) is 3. The van der Waals surface area contributed by atoms with Crippen molar-refractivity contribution in [2.45, 2.75) is 26.5 Å². The van der Waals surface area contributed by atoms with Gasteiger partial charge in [-0.2, -0.15) is 0 Å². The Morgan fingerprint density at radius 1 is 1.16 bits per heavy atom. The van der Waals surface area contributed by atoms with Crippen LogP contribution in [0.15, 0.2) is 41.2 Å². The summed E-state index contributed by atoms with van der Waals surface area (Å²) in [6.07, 6.45) is 0. The van der Waals surface area contributed by atoms with Crippen molar-refractivity contribution in [3.8, 4) is 0 Å². The van der Waals surface area contributed by atoms with Crippen LogP contribution in [-0.4, -0.2) is 29.1 Å². The van der Waals surface area contributed by atoms with Gasteiger partial charge in [-0.1, -0.05) is 19.9 Å². The summed E-state index contributed by atoms with van der Waals surface area (Å²) in [6.45, 7) is 4.49. The lowest BCUT2D eigenvalue weighted by Gasteiger charge is -2.37. The number of halogens is 3. The van der Waals surface area contributed by atoms with Gasteiger partial charge in [0.2, 0.25) is 0 Å². The van der Waals surface area contributed by atoms with Crippen LogP contribution in [0.2, 0.25) is 0 Å². The Morgan fingerprint density at radius 3 is 2.66 bits per heavy atom. The highest BCUT2D eigenvalue weighted by molar-refractivity contribution is 5.91. The Hall–Kier alpha value is -3.33. The number of H-pyrrole nitrogens is 1. The van der Waals surface area contributed by atoms with E-state index in [1.54, 1.807) is 0 Å². The smallest absolute Gasteiger partial charge is 0.322 e. The summed E-state index contributed by atoms with van der Waals surface area (Å²) in [5, 5.41) is 3.32. The SMILES string of the molecule is CC(C)CN(C(=O)Nc1ccc(F)c(F)c1)[C@H]1COCc2[nH]c(=O)c3cc(F)ccc3c21. The molecule has 0 unspecified atom stereocenters. The number of hydrogen-bond donors (Lipinski definition) is 2. The second-order valence-electron chi connectivity index (χ2n) is 8.17. The van der Waals surface area contributed by atoms with Crippen molar-refractivity contribution in [1.29, 1.82) is 0 Å². The molecule has 0 aliphatic carbocycles. The van der Waals surface area contributed by atoms with E-state index in [0.717, 1.165) is 18.2 Å². The first kappa shape index (κ1) is 21.9. The highest BCUT2D eigenvalue weighted by Gasteiger charge is 2.33. The second kappa shape index (κ2) is 8.66. The maximum Gasteiger partial charge on any atom is 0.322 e. The topological polar surface area (TPSA) is 74.4 Å². The molecule has 0 saturated carbocycles. The number of amides is 2. The maximum atomic E-state index is 13.8. The lowest BCUT2D eigenvalue weighted by Crippen LogP contribution is -2.44. The first-order valence-corrected chi connectivity index (χ1v) is 10.2. The molecule has 1 aromatic heterocycles. The number of aromatic amines is 1. The lowest BCUT2D eigenvalue weighted by molar-refractivity contribution is 0.0425. The average molecular weight is 445 g/mol. The number of nitrogens with zero attached hydrogens (tertiary/aromatic N) is 1. The van der Waals surface area contributed by atoms with Crippen LogP contribution in [0.25, 0.3) is 10.8 Å². The molecule has 0 fully saturated rings. The lowest BCUT2D eigenvalue weighted by atomic mass is 9.95. The van der Waals surface area contributed by atoms with Crippen LogP contribution in [-0.2, 0) is 11.3 Å². The minimum Gasteiger partial charge on any atom is -0.373 e. The molecule has 0 bridgehead atoms. The quantitative estimate of drug-likeness (QED) is 0.611. The van der Waals surface area contributed by atoms with Crippen molar-refractivity contribution >= 4 is 22.5 Å². The number of pyridine rings is 1. The zero-order valence-electron chi connectivity index (χ0n) is 17.5. The number of aromatic nitrogens is 1. The zero-order chi connectivity index (χ0) is 23.0. The average Bonchev–Trinajstić information content (AvgIpc) is 2.74. The highest BCUT2D eigenvalue weighted by Crippen LogP contribution is 2.34. The third-order valence-electron chi connectivity index (χ3n) is 5.33. The summed E-state index contributed by atoms with van der Waals surface area (Å²) in [4.78, 5) is 30.0. The summed E-state index contributed by atoms with van der Waals surface area (Å²) >= 11 is 0. The van der Waals surface area contributed by atoms with Crippen LogP contribution in [0, 0.1) is 23.4 Å². The van der Waals surface area contributed by atoms with Gasteiger partial charge in [-0.3, -0.25) is 4.79 Å². The number of carbonyl (C=O) groups is 1. The third-order valence-corrected chi connectivity index (χ3v) is 5.33. The number of carbonyl (C=O) groups excluding carboxylic acids is 1. The van der Waals surface area contributed by atoms with Crippen molar-refractivity contribution in [3.05, 3.63) is 75.5 Å². The fraction of sp³-hybridized carbons (Fsp3) is 0.304. The molecule has 0 radical (unpaired) electrons. The van der Waals surface area contributed by atoms with Crippen molar-refractivity contribution in [2.24, 2.45) is 5.92 Å². The van der Waals surface area contributed by atoms with Crippen LogP contribution in [0.3, 0.4) is 0 Å². The number of benzene rings is 2. The zero-order valence-corrected chi connectivity index (χ0v) is 17.5. The van der Waals surface area contributed by atoms with E-state index in [0.29, 0.717) is 23.2 Å². The van der Waals surface area contributed by atoms with E-state index in [1.807, 2.05) is 13.8 Å². The van der Waals surface area contributed by atoms with E-state index < -0.39 is 35.1 Å². The largest absolute Gasteiger partial charge is 0.373 e. The molecule has 1 atom stereocenters. The molecule has 2 N–H and O–H groups in total. The van der Waals surface area contributed by atoms with Gasteiger partial charge in [0.25, 0.3) is 5.56 Å². The standard InChI is InChI=1S/C23H22F3N3O3/c1-12(2)9-29(23(31)27-14-4-6-17(25)18(26)8-14)20-11-32-10-19-21(20)15-5-3-13(24)7-16(15)22(30)28-19/h3-8,12,20H,9-11H2,1-2H3,(H,27,31)(H,28,30)/t20-/m0/s1. The molecule has 9 heteroatoms. The van der Waals surface area contributed by atoms with Crippen molar-refractivity contribution in [1.82, 2.24) is 9.88 Å². The summed E-state index contributed by atoms with van der Waals surface area (Å²) in [6, 6.07) is 5.94. The number of ether oxygens (including phenoxy) is 1. The van der Waals surface area contributed by atoms with E-state index in [2.05, 4.69) is 10.3 Å². The monoisotopic (exact) mass is 445 g/mol. The summed E-state index contributed by atoms with van der Waals surface area (Å²) in [7, 11) is 0. The van der Waals surface area contributed by atoms with Gasteiger partial charge in [0.15, 0.2) is 11.6 Å². The number of rotatable bonds is 4. The molecule has 168 valence electrons. The fourth-order valence-corrected chi connectivity index (χ4v) is 3.98. The molecule has 2 amide bonds. The predicted octanol–water partition coefficient (Wildman–Crippen LogP) is 4.71. The molecule has 0 saturated heterocycles. The summed E-state index contributed by atoms with van der Waals surface area (Å²) in [5.74, 6) is -2.56. The Kier molecular flexibility index (Phi) is 5.92. The Labute approximate surface area is 182 Å². The molecule has 0 spiro atoms. The first-order chi connectivity index (χ1) is 15.2. The Bertz CT molecular complexity index is 1240. The van der Waals surface area contributed by atoms with E-state index >= 15 is 0 Å². The van der Waals surface area contributed by atoms with Gasteiger partial charge in [-0.05, 0) is 35.6 Å².